The Labute approximate surface area is 119 Å². The van der Waals surface area contributed by atoms with Gasteiger partial charge >= 0.3 is 0 Å². The molecule has 1 aliphatic carbocycles. The highest BCUT2D eigenvalue weighted by Crippen LogP contribution is 2.41. The van der Waals surface area contributed by atoms with Crippen LogP contribution < -0.4 is 10.1 Å². The highest BCUT2D eigenvalue weighted by Gasteiger charge is 2.46. The Balaban J connectivity index is 1.95. The first-order valence-electron chi connectivity index (χ1n) is 6.89. The van der Waals surface area contributed by atoms with Gasteiger partial charge in [-0.05, 0) is 30.3 Å². The van der Waals surface area contributed by atoms with E-state index in [2.05, 4.69) is 11.4 Å². The van der Waals surface area contributed by atoms with Crippen molar-refractivity contribution in [2.45, 2.75) is 18.1 Å². The van der Waals surface area contributed by atoms with E-state index in [4.69, 9.17) is 4.74 Å². The molecule has 3 rings (SSSR count). The average molecular weight is 269 g/mol. The third-order valence-electron chi connectivity index (χ3n) is 3.80. The molecule has 0 unspecified atom stereocenters. The Hall–Kier alpha value is -1.84. The number of aliphatic hydroxyl groups is 1. The van der Waals surface area contributed by atoms with Gasteiger partial charge in [-0.1, -0.05) is 42.5 Å². The zero-order valence-corrected chi connectivity index (χ0v) is 11.5. The van der Waals surface area contributed by atoms with Gasteiger partial charge in [0.25, 0.3) is 0 Å². The van der Waals surface area contributed by atoms with Crippen LogP contribution in [0, 0.1) is 0 Å². The van der Waals surface area contributed by atoms with Crippen molar-refractivity contribution in [3.63, 3.8) is 0 Å². The summed E-state index contributed by atoms with van der Waals surface area (Å²) in [6.45, 7) is 0.499. The summed E-state index contributed by atoms with van der Waals surface area (Å²) in [7, 11) is 1.85. The lowest BCUT2D eigenvalue weighted by atomic mass is 9.97. The Morgan fingerprint density at radius 3 is 2.60 bits per heavy atom. The van der Waals surface area contributed by atoms with E-state index in [1.54, 1.807) is 0 Å². The van der Waals surface area contributed by atoms with Gasteiger partial charge in [-0.25, -0.2) is 0 Å². The molecule has 3 heteroatoms. The molecule has 0 aromatic heterocycles. The van der Waals surface area contributed by atoms with Crippen molar-refractivity contribution in [3.05, 3.63) is 65.7 Å². The van der Waals surface area contributed by atoms with Crippen LogP contribution in [-0.4, -0.2) is 24.3 Å². The summed E-state index contributed by atoms with van der Waals surface area (Å²) in [4.78, 5) is 0. The molecule has 2 atom stereocenters. The minimum atomic E-state index is -0.908. The lowest BCUT2D eigenvalue weighted by Gasteiger charge is -2.30. The molecule has 0 heterocycles. The van der Waals surface area contributed by atoms with E-state index in [-0.39, 0.29) is 6.10 Å². The molecule has 0 saturated heterocycles. The lowest BCUT2D eigenvalue weighted by molar-refractivity contribution is -0.0484. The van der Waals surface area contributed by atoms with Gasteiger partial charge in [-0.15, -0.1) is 0 Å². The zero-order valence-electron chi connectivity index (χ0n) is 11.5. The van der Waals surface area contributed by atoms with E-state index in [9.17, 15) is 5.11 Å². The van der Waals surface area contributed by atoms with Crippen molar-refractivity contribution in [2.75, 3.05) is 13.6 Å². The normalized spacial score (nSPS) is 24.4. The molecule has 0 amide bonds. The van der Waals surface area contributed by atoms with Gasteiger partial charge in [0, 0.05) is 13.0 Å². The van der Waals surface area contributed by atoms with Crippen LogP contribution in [0.25, 0.3) is 0 Å². The minimum absolute atomic E-state index is 0.339. The summed E-state index contributed by atoms with van der Waals surface area (Å²) in [5.74, 6) is 0.781. The van der Waals surface area contributed by atoms with Crippen LogP contribution in [0.2, 0.25) is 0 Å². The maximum Gasteiger partial charge on any atom is 0.154 e. The summed E-state index contributed by atoms with van der Waals surface area (Å²) in [5.41, 5.74) is 1.33. The quantitative estimate of drug-likeness (QED) is 0.895. The van der Waals surface area contributed by atoms with Crippen LogP contribution in [0.5, 0.6) is 5.75 Å². The van der Waals surface area contributed by atoms with Gasteiger partial charge in [0.15, 0.2) is 6.10 Å². The van der Waals surface area contributed by atoms with Gasteiger partial charge in [-0.2, -0.15) is 0 Å². The molecule has 0 saturated carbocycles. The smallest absolute Gasteiger partial charge is 0.154 e. The Kier molecular flexibility index (Phi) is 3.47. The van der Waals surface area contributed by atoms with Gasteiger partial charge in [0.2, 0.25) is 0 Å². The molecule has 0 spiro atoms. The highest BCUT2D eigenvalue weighted by atomic mass is 16.5. The number of fused-ring (bicyclic) bond motifs is 1. The zero-order chi connectivity index (χ0) is 14.0. The molecule has 0 fully saturated rings. The fourth-order valence-corrected chi connectivity index (χ4v) is 2.93. The van der Waals surface area contributed by atoms with Crippen molar-refractivity contribution in [1.82, 2.24) is 5.32 Å². The SMILES string of the molecule is CNC[C@]1(O)Cc2ccccc2[C@@H]1Oc1ccccc1. The van der Waals surface area contributed by atoms with Crippen LogP contribution in [-0.2, 0) is 6.42 Å². The number of benzene rings is 2. The maximum atomic E-state index is 10.9. The first-order chi connectivity index (χ1) is 9.73. The van der Waals surface area contributed by atoms with Gasteiger partial charge in [-0.3, -0.25) is 0 Å². The second-order valence-electron chi connectivity index (χ2n) is 5.32. The van der Waals surface area contributed by atoms with Gasteiger partial charge in [0.1, 0.15) is 11.4 Å². The predicted molar refractivity (Wildman–Crippen MR) is 78.8 cm³/mol. The van der Waals surface area contributed by atoms with Crippen molar-refractivity contribution in [2.24, 2.45) is 0 Å². The number of ether oxygens (including phenoxy) is 1. The van der Waals surface area contributed by atoms with E-state index in [0.717, 1.165) is 16.9 Å². The Bertz CT molecular complexity index is 585. The molecule has 3 nitrogen and oxygen atoms in total. The van der Waals surface area contributed by atoms with Crippen LogP contribution >= 0.6 is 0 Å². The van der Waals surface area contributed by atoms with E-state index >= 15 is 0 Å². The summed E-state index contributed by atoms with van der Waals surface area (Å²) >= 11 is 0. The summed E-state index contributed by atoms with van der Waals surface area (Å²) in [6, 6.07) is 17.8. The Morgan fingerprint density at radius 1 is 1.15 bits per heavy atom. The van der Waals surface area contributed by atoms with Crippen molar-refractivity contribution >= 4 is 0 Å². The number of para-hydroxylation sites is 1. The fourth-order valence-electron chi connectivity index (χ4n) is 2.93. The van der Waals surface area contributed by atoms with Crippen molar-refractivity contribution < 1.29 is 9.84 Å². The summed E-state index contributed by atoms with van der Waals surface area (Å²) in [5, 5.41) is 14.0. The standard InChI is InChI=1S/C17H19NO2/c1-18-12-17(19)11-13-7-5-6-10-15(13)16(17)20-14-8-3-2-4-9-14/h2-10,16,18-19H,11-12H2,1H3/t16-,17+/m0/s1. The summed E-state index contributed by atoms with van der Waals surface area (Å²) in [6.07, 6.45) is 0.273. The number of hydrogen-bond acceptors (Lipinski definition) is 3. The predicted octanol–water partition coefficient (Wildman–Crippen LogP) is 2.31. The van der Waals surface area contributed by atoms with Crippen LogP contribution in [0.15, 0.2) is 54.6 Å². The van der Waals surface area contributed by atoms with E-state index in [1.165, 1.54) is 0 Å². The van der Waals surface area contributed by atoms with E-state index in [1.807, 2.05) is 55.6 Å². The second-order valence-corrected chi connectivity index (χ2v) is 5.32. The number of nitrogens with one attached hydrogen (secondary N) is 1. The van der Waals surface area contributed by atoms with Crippen LogP contribution in [0.4, 0.5) is 0 Å². The second kappa shape index (κ2) is 5.27. The molecule has 20 heavy (non-hydrogen) atoms. The number of rotatable bonds is 4. The monoisotopic (exact) mass is 269 g/mol. The molecule has 1 aliphatic rings. The molecule has 0 aliphatic heterocycles. The molecule has 2 N–H and O–H groups in total. The fraction of sp³-hybridized carbons (Fsp3) is 0.294. The van der Waals surface area contributed by atoms with Crippen LogP contribution in [0.1, 0.15) is 17.2 Å². The van der Waals surface area contributed by atoms with Gasteiger partial charge in [0.05, 0.1) is 0 Å². The first kappa shape index (κ1) is 13.2. The van der Waals surface area contributed by atoms with E-state index < -0.39 is 5.60 Å². The van der Waals surface area contributed by atoms with Crippen molar-refractivity contribution in [1.29, 1.82) is 0 Å². The molecular formula is C17H19NO2. The average Bonchev–Trinajstić information content (AvgIpc) is 2.73. The lowest BCUT2D eigenvalue weighted by Crippen LogP contribution is -2.45. The topological polar surface area (TPSA) is 41.5 Å². The first-order valence-corrected chi connectivity index (χ1v) is 6.89. The number of hydrogen-bond donors (Lipinski definition) is 2. The van der Waals surface area contributed by atoms with E-state index in [0.29, 0.717) is 13.0 Å². The van der Waals surface area contributed by atoms with Crippen LogP contribution in [0.3, 0.4) is 0 Å². The molecule has 0 radical (unpaired) electrons. The third-order valence-corrected chi connectivity index (χ3v) is 3.80. The Morgan fingerprint density at radius 2 is 1.85 bits per heavy atom. The maximum absolute atomic E-state index is 10.9. The molecule has 2 aromatic carbocycles. The largest absolute Gasteiger partial charge is 0.483 e. The summed E-state index contributed by atoms with van der Waals surface area (Å²) < 4.78 is 6.08. The molecule has 0 bridgehead atoms. The number of likely N-dealkylation sites (N-methyl/N-ethyl adjacent to an activating group) is 1. The van der Waals surface area contributed by atoms with Gasteiger partial charge < -0.3 is 15.2 Å². The minimum Gasteiger partial charge on any atom is -0.483 e. The van der Waals surface area contributed by atoms with Crippen molar-refractivity contribution in [3.8, 4) is 5.75 Å². The molecule has 104 valence electrons. The molecular weight excluding hydrogens is 250 g/mol. The highest BCUT2D eigenvalue weighted by molar-refractivity contribution is 5.39. The molecule has 2 aromatic rings. The third kappa shape index (κ3) is 2.30.